The number of hydrogen-bond acceptors (Lipinski definition) is 5. The summed E-state index contributed by atoms with van der Waals surface area (Å²) in [5.41, 5.74) is 0. The SMILES string of the molecule is CCCC(C)N1CC=C[C@]23S[C@@]4(C)C=CCN(C)C(=O)[C@H]4[C@H]2C(=O)N([C@@H](CO)C(C)C)C3C1=O. The van der Waals surface area contributed by atoms with Gasteiger partial charge in [-0.1, -0.05) is 51.5 Å². The van der Waals surface area contributed by atoms with Crippen LogP contribution in [0, 0.1) is 17.8 Å². The highest BCUT2D eigenvalue weighted by Gasteiger charge is 2.74. The van der Waals surface area contributed by atoms with Gasteiger partial charge in [-0.25, -0.2) is 0 Å². The third-order valence-electron chi connectivity index (χ3n) is 8.28. The molecule has 4 aliphatic rings. The molecule has 0 saturated carbocycles. The highest BCUT2D eigenvalue weighted by molar-refractivity contribution is 8.02. The molecule has 8 heteroatoms. The maximum atomic E-state index is 14.3. The van der Waals surface area contributed by atoms with Crippen LogP contribution in [0.15, 0.2) is 24.3 Å². The van der Waals surface area contributed by atoms with Crippen molar-refractivity contribution in [3.8, 4) is 0 Å². The van der Waals surface area contributed by atoms with Crippen LogP contribution < -0.4 is 0 Å². The molecule has 2 unspecified atom stereocenters. The number of carbonyl (C=O) groups is 3. The lowest BCUT2D eigenvalue weighted by Crippen LogP contribution is -2.59. The number of thioether (sulfide) groups is 1. The fourth-order valence-corrected chi connectivity index (χ4v) is 8.69. The summed E-state index contributed by atoms with van der Waals surface area (Å²) in [6, 6.07) is -1.19. The zero-order valence-corrected chi connectivity index (χ0v) is 22.0. The third kappa shape index (κ3) is 3.55. The van der Waals surface area contributed by atoms with Crippen LogP contribution in [0.1, 0.15) is 47.5 Å². The molecule has 3 amide bonds. The van der Waals surface area contributed by atoms with Gasteiger partial charge in [-0.2, -0.15) is 0 Å². The van der Waals surface area contributed by atoms with Crippen molar-refractivity contribution < 1.29 is 19.5 Å². The number of fused-ring (bicyclic) bond motifs is 2. The van der Waals surface area contributed by atoms with Crippen molar-refractivity contribution >= 4 is 29.5 Å². The molecule has 2 saturated heterocycles. The zero-order chi connectivity index (χ0) is 25.0. The van der Waals surface area contributed by atoms with Gasteiger partial charge in [0.15, 0.2) is 0 Å². The number of carbonyl (C=O) groups excluding carboxylic acids is 3. The highest BCUT2D eigenvalue weighted by atomic mass is 32.2. The molecule has 0 aromatic heterocycles. The molecule has 1 spiro atoms. The first-order chi connectivity index (χ1) is 16.0. The van der Waals surface area contributed by atoms with Gasteiger partial charge in [0.2, 0.25) is 17.7 Å². The molecule has 4 heterocycles. The van der Waals surface area contributed by atoms with Gasteiger partial charge in [-0.05, 0) is 26.2 Å². The van der Waals surface area contributed by atoms with Gasteiger partial charge >= 0.3 is 0 Å². The van der Waals surface area contributed by atoms with Crippen molar-refractivity contribution in [3.63, 3.8) is 0 Å². The molecule has 0 aromatic carbocycles. The van der Waals surface area contributed by atoms with E-state index in [9.17, 15) is 19.5 Å². The Bertz CT molecular complexity index is 920. The van der Waals surface area contributed by atoms with Crippen LogP contribution in [0.25, 0.3) is 0 Å². The zero-order valence-electron chi connectivity index (χ0n) is 21.2. The Labute approximate surface area is 207 Å². The topological polar surface area (TPSA) is 81.2 Å². The van der Waals surface area contributed by atoms with E-state index >= 15 is 0 Å². The number of nitrogens with zero attached hydrogens (tertiary/aromatic N) is 3. The number of aliphatic hydroxyl groups is 1. The summed E-state index contributed by atoms with van der Waals surface area (Å²) < 4.78 is -1.44. The van der Waals surface area contributed by atoms with Crippen LogP contribution in [0.5, 0.6) is 0 Å². The molecule has 0 aliphatic carbocycles. The number of hydrogen-bond donors (Lipinski definition) is 1. The van der Waals surface area contributed by atoms with Crippen molar-refractivity contribution in [3.05, 3.63) is 24.3 Å². The smallest absolute Gasteiger partial charge is 0.247 e. The summed E-state index contributed by atoms with van der Waals surface area (Å²) in [6.45, 7) is 10.9. The fraction of sp³-hybridized carbons (Fsp3) is 0.731. The third-order valence-corrected chi connectivity index (χ3v) is 10.1. The van der Waals surface area contributed by atoms with Crippen molar-refractivity contribution in [1.82, 2.24) is 14.7 Å². The Hall–Kier alpha value is -1.80. The quantitative estimate of drug-likeness (QED) is 0.579. The van der Waals surface area contributed by atoms with E-state index in [0.717, 1.165) is 12.8 Å². The van der Waals surface area contributed by atoms with Gasteiger partial charge in [0.25, 0.3) is 0 Å². The molecule has 7 atom stereocenters. The Balaban J connectivity index is 1.90. The second-order valence-electron chi connectivity index (χ2n) is 10.9. The van der Waals surface area contributed by atoms with Crippen LogP contribution in [-0.2, 0) is 14.4 Å². The first kappa shape index (κ1) is 25.3. The molecule has 1 N–H and O–H groups in total. The number of amides is 3. The summed E-state index contributed by atoms with van der Waals surface area (Å²) in [6.07, 6.45) is 9.99. The molecule has 0 aromatic rings. The summed E-state index contributed by atoms with van der Waals surface area (Å²) in [4.78, 5) is 47.4. The average Bonchev–Trinajstić information content (AvgIpc) is 3.04. The van der Waals surface area contributed by atoms with Gasteiger partial charge in [0, 0.05) is 30.9 Å². The minimum Gasteiger partial charge on any atom is -0.394 e. The largest absolute Gasteiger partial charge is 0.394 e. The normalized spacial score (nSPS) is 37.0. The molecule has 4 aliphatic heterocycles. The molecule has 188 valence electrons. The summed E-state index contributed by atoms with van der Waals surface area (Å²) in [5.74, 6) is -1.56. The molecule has 0 bridgehead atoms. The van der Waals surface area contributed by atoms with Crippen LogP contribution >= 0.6 is 11.8 Å². The van der Waals surface area contributed by atoms with Crippen LogP contribution in [0.2, 0.25) is 0 Å². The summed E-state index contributed by atoms with van der Waals surface area (Å²) in [5, 5.41) is 10.3. The van der Waals surface area contributed by atoms with E-state index in [1.807, 2.05) is 37.8 Å². The second kappa shape index (κ2) is 9.01. The lowest BCUT2D eigenvalue weighted by molar-refractivity contribution is -0.148. The van der Waals surface area contributed by atoms with E-state index in [1.165, 1.54) is 0 Å². The summed E-state index contributed by atoms with van der Waals surface area (Å²) in [7, 11) is 1.77. The number of aliphatic hydroxyl groups excluding tert-OH is 1. The number of rotatable bonds is 6. The Morgan fingerprint density at radius 1 is 1.06 bits per heavy atom. The van der Waals surface area contributed by atoms with Crippen molar-refractivity contribution in [2.24, 2.45) is 17.8 Å². The van der Waals surface area contributed by atoms with Gasteiger partial charge < -0.3 is 19.8 Å². The molecular weight excluding hydrogens is 450 g/mol. The fourth-order valence-electron chi connectivity index (χ4n) is 6.55. The Kier molecular flexibility index (Phi) is 6.70. The van der Waals surface area contributed by atoms with E-state index in [-0.39, 0.29) is 36.3 Å². The lowest BCUT2D eigenvalue weighted by Gasteiger charge is -2.41. The minimum atomic E-state index is -0.852. The van der Waals surface area contributed by atoms with Gasteiger partial charge in [0.05, 0.1) is 29.2 Å². The lowest BCUT2D eigenvalue weighted by atomic mass is 9.74. The predicted octanol–water partition coefficient (Wildman–Crippen LogP) is 2.31. The summed E-state index contributed by atoms with van der Waals surface area (Å²) >= 11 is 1.60. The molecule has 7 nitrogen and oxygen atoms in total. The van der Waals surface area contributed by atoms with E-state index in [0.29, 0.717) is 13.1 Å². The van der Waals surface area contributed by atoms with Crippen molar-refractivity contribution in [2.45, 2.75) is 75.1 Å². The van der Waals surface area contributed by atoms with Gasteiger partial charge in [-0.3, -0.25) is 14.4 Å². The van der Waals surface area contributed by atoms with E-state index < -0.39 is 33.4 Å². The van der Waals surface area contributed by atoms with E-state index in [2.05, 4.69) is 26.0 Å². The highest BCUT2D eigenvalue weighted by Crippen LogP contribution is 2.66. The van der Waals surface area contributed by atoms with Crippen LogP contribution in [0.4, 0.5) is 0 Å². The minimum absolute atomic E-state index is 0.0323. The maximum Gasteiger partial charge on any atom is 0.247 e. The first-order valence-electron chi connectivity index (χ1n) is 12.6. The first-order valence-corrected chi connectivity index (χ1v) is 13.4. The molecule has 0 radical (unpaired) electrons. The van der Waals surface area contributed by atoms with Gasteiger partial charge in [0.1, 0.15) is 6.04 Å². The van der Waals surface area contributed by atoms with Crippen molar-refractivity contribution in [2.75, 3.05) is 26.7 Å². The Morgan fingerprint density at radius 3 is 2.35 bits per heavy atom. The number of likely N-dealkylation sites (tertiary alicyclic amines) is 1. The number of likely N-dealkylation sites (N-methyl/N-ethyl adjacent to an activating group) is 1. The van der Waals surface area contributed by atoms with Crippen LogP contribution in [0.3, 0.4) is 0 Å². The monoisotopic (exact) mass is 489 g/mol. The molecule has 34 heavy (non-hydrogen) atoms. The van der Waals surface area contributed by atoms with E-state index in [1.54, 1.807) is 28.6 Å². The molecule has 2 fully saturated rings. The Morgan fingerprint density at radius 2 is 1.74 bits per heavy atom. The van der Waals surface area contributed by atoms with E-state index in [4.69, 9.17) is 0 Å². The van der Waals surface area contributed by atoms with Gasteiger partial charge in [-0.15, -0.1) is 11.8 Å². The van der Waals surface area contributed by atoms with Crippen molar-refractivity contribution in [1.29, 1.82) is 0 Å². The standard InChI is InChI=1S/C26H39N3O4S/c1-7-10-17(4)28-14-9-12-26-20(19-22(31)27(6)13-8-11-25(19,5)34-26)23(32)29(21(26)24(28)33)18(15-30)16(2)3/h8-9,11-12,16-21,30H,7,10,13-15H2,1-6H3/t17?,18-,19+,20-,21?,25-,26-/m0/s1. The average molecular weight is 490 g/mol. The predicted molar refractivity (Wildman–Crippen MR) is 134 cm³/mol. The van der Waals surface area contributed by atoms with Crippen LogP contribution in [-0.4, -0.2) is 91.9 Å². The second-order valence-corrected chi connectivity index (χ2v) is 12.7. The molecule has 4 rings (SSSR count). The molecular formula is C26H39N3O4S. The maximum absolute atomic E-state index is 14.3.